The number of rotatable bonds is 4. The molecule has 2 aromatic heterocycles. The van der Waals surface area contributed by atoms with Crippen molar-refractivity contribution < 1.29 is 9.53 Å². The lowest BCUT2D eigenvalue weighted by atomic mass is 10.2. The molecule has 3 aromatic rings. The Kier molecular flexibility index (Phi) is 4.01. The minimum atomic E-state index is 0.0933. The van der Waals surface area contributed by atoms with E-state index in [9.17, 15) is 4.79 Å². The number of fused-ring (bicyclic) bond motifs is 2. The smallest absolute Gasteiger partial charge is 0.242 e. The molecule has 1 amide bonds. The van der Waals surface area contributed by atoms with E-state index in [1.807, 2.05) is 39.9 Å². The van der Waals surface area contributed by atoms with Gasteiger partial charge >= 0.3 is 0 Å². The van der Waals surface area contributed by atoms with Gasteiger partial charge in [-0.05, 0) is 24.4 Å². The molecule has 0 spiro atoms. The molecule has 4 rings (SSSR count). The van der Waals surface area contributed by atoms with Crippen LogP contribution in [0.2, 0.25) is 0 Å². The van der Waals surface area contributed by atoms with E-state index in [1.165, 1.54) is 0 Å². The number of aromatic nitrogens is 4. The van der Waals surface area contributed by atoms with Crippen LogP contribution < -0.4 is 0 Å². The quantitative estimate of drug-likeness (QED) is 0.729. The average molecular weight is 339 g/mol. The first kappa shape index (κ1) is 15.8. The van der Waals surface area contributed by atoms with Gasteiger partial charge in [-0.3, -0.25) is 4.79 Å². The van der Waals surface area contributed by atoms with Crippen molar-refractivity contribution in [2.75, 3.05) is 13.7 Å². The molecule has 7 heteroatoms. The molecule has 0 N–H and O–H groups in total. The van der Waals surface area contributed by atoms with Crippen LogP contribution in [-0.4, -0.2) is 43.8 Å². The van der Waals surface area contributed by atoms with Gasteiger partial charge in [-0.2, -0.15) is 0 Å². The lowest BCUT2D eigenvalue weighted by molar-refractivity contribution is -0.133. The first-order valence-electron chi connectivity index (χ1n) is 8.40. The van der Waals surface area contributed by atoms with Crippen LogP contribution in [0.15, 0.2) is 36.5 Å². The Labute approximate surface area is 145 Å². The molecule has 0 unspecified atom stereocenters. The summed E-state index contributed by atoms with van der Waals surface area (Å²) in [6.07, 6.45) is 1.97. The highest BCUT2D eigenvalue weighted by Gasteiger charge is 2.29. The largest absolute Gasteiger partial charge is 0.377 e. The maximum Gasteiger partial charge on any atom is 0.242 e. The van der Waals surface area contributed by atoms with Gasteiger partial charge < -0.3 is 18.8 Å². The van der Waals surface area contributed by atoms with Crippen LogP contribution in [0.5, 0.6) is 0 Å². The van der Waals surface area contributed by atoms with Crippen LogP contribution in [0.1, 0.15) is 24.6 Å². The van der Waals surface area contributed by atoms with Crippen LogP contribution in [0.3, 0.4) is 0 Å². The first-order valence-corrected chi connectivity index (χ1v) is 8.40. The fourth-order valence-corrected chi connectivity index (χ4v) is 3.55. The molecular weight excluding hydrogens is 318 g/mol. The third-order valence-electron chi connectivity index (χ3n) is 4.71. The van der Waals surface area contributed by atoms with E-state index in [-0.39, 0.29) is 11.9 Å². The Morgan fingerprint density at radius 3 is 2.96 bits per heavy atom. The highest BCUT2D eigenvalue weighted by molar-refractivity contribution is 5.83. The molecule has 1 aromatic carbocycles. The summed E-state index contributed by atoms with van der Waals surface area (Å²) >= 11 is 0. The van der Waals surface area contributed by atoms with Gasteiger partial charge in [0, 0.05) is 25.4 Å². The minimum Gasteiger partial charge on any atom is -0.377 e. The number of hydrogen-bond acceptors (Lipinski definition) is 4. The summed E-state index contributed by atoms with van der Waals surface area (Å²) in [6, 6.07) is 10.3. The average Bonchev–Trinajstić information content (AvgIpc) is 3.20. The molecule has 1 aliphatic heterocycles. The zero-order valence-electron chi connectivity index (χ0n) is 14.4. The molecule has 130 valence electrons. The summed E-state index contributed by atoms with van der Waals surface area (Å²) in [7, 11) is 1.65. The number of carbonyl (C=O) groups is 1. The van der Waals surface area contributed by atoms with Crippen molar-refractivity contribution >= 4 is 16.8 Å². The molecule has 3 heterocycles. The van der Waals surface area contributed by atoms with Gasteiger partial charge in [0.15, 0.2) is 11.6 Å². The molecule has 1 atom stereocenters. The molecule has 0 saturated heterocycles. The van der Waals surface area contributed by atoms with E-state index in [2.05, 4.69) is 27.8 Å². The summed E-state index contributed by atoms with van der Waals surface area (Å²) in [4.78, 5) is 14.7. The number of amides is 1. The zero-order chi connectivity index (χ0) is 17.4. The zero-order valence-corrected chi connectivity index (χ0v) is 14.4. The third-order valence-corrected chi connectivity index (χ3v) is 4.71. The monoisotopic (exact) mass is 339 g/mol. The van der Waals surface area contributed by atoms with E-state index in [0.717, 1.165) is 22.6 Å². The SMILES string of the molecule is COCc1nnc2n1[C@@H](C)CN(C(=O)Cn1ccc3ccccc31)C2. The number of ether oxygens (including phenoxy) is 1. The van der Waals surface area contributed by atoms with E-state index in [1.54, 1.807) is 7.11 Å². The van der Waals surface area contributed by atoms with Gasteiger partial charge in [-0.1, -0.05) is 18.2 Å². The molecule has 0 radical (unpaired) electrons. The fraction of sp³-hybridized carbons (Fsp3) is 0.389. The molecule has 25 heavy (non-hydrogen) atoms. The molecule has 0 aliphatic carbocycles. The normalized spacial score (nSPS) is 17.0. The van der Waals surface area contributed by atoms with Crippen molar-refractivity contribution in [3.05, 3.63) is 48.2 Å². The second kappa shape index (κ2) is 6.33. The molecule has 7 nitrogen and oxygen atoms in total. The summed E-state index contributed by atoms with van der Waals surface area (Å²) < 4.78 is 9.26. The third kappa shape index (κ3) is 2.80. The lowest BCUT2D eigenvalue weighted by Crippen LogP contribution is -2.42. The first-order chi connectivity index (χ1) is 12.2. The molecule has 0 bridgehead atoms. The van der Waals surface area contributed by atoms with Crippen molar-refractivity contribution in [1.82, 2.24) is 24.2 Å². The standard InChI is InChI=1S/C18H21N5O2/c1-13-9-22(10-16-19-20-17(12-25-2)23(13)16)18(24)11-21-8-7-14-5-3-4-6-15(14)21/h3-8,13H,9-12H2,1-2H3/t13-/m0/s1. The number of methoxy groups -OCH3 is 1. The van der Waals surface area contributed by atoms with Gasteiger partial charge in [0.2, 0.25) is 5.91 Å². The fourth-order valence-electron chi connectivity index (χ4n) is 3.55. The van der Waals surface area contributed by atoms with Crippen molar-refractivity contribution in [3.8, 4) is 0 Å². The van der Waals surface area contributed by atoms with Crippen LogP contribution in [0.25, 0.3) is 10.9 Å². The predicted molar refractivity (Wildman–Crippen MR) is 92.8 cm³/mol. The highest BCUT2D eigenvalue weighted by Crippen LogP contribution is 2.23. The minimum absolute atomic E-state index is 0.0933. The Morgan fingerprint density at radius 2 is 2.12 bits per heavy atom. The Hall–Kier alpha value is -2.67. The predicted octanol–water partition coefficient (Wildman–Crippen LogP) is 1.98. The Balaban J connectivity index is 1.53. The summed E-state index contributed by atoms with van der Waals surface area (Å²) in [5.41, 5.74) is 1.08. The van der Waals surface area contributed by atoms with Crippen molar-refractivity contribution in [3.63, 3.8) is 0 Å². The number of benzene rings is 1. The second-order valence-electron chi connectivity index (χ2n) is 6.46. The van der Waals surface area contributed by atoms with Crippen LogP contribution >= 0.6 is 0 Å². The van der Waals surface area contributed by atoms with Crippen molar-refractivity contribution in [1.29, 1.82) is 0 Å². The van der Waals surface area contributed by atoms with Crippen molar-refractivity contribution in [2.45, 2.75) is 32.7 Å². The number of carbonyl (C=O) groups excluding carboxylic acids is 1. The van der Waals surface area contributed by atoms with E-state index in [4.69, 9.17) is 4.74 Å². The number of hydrogen-bond donors (Lipinski definition) is 0. The maximum atomic E-state index is 12.8. The van der Waals surface area contributed by atoms with E-state index in [0.29, 0.717) is 26.2 Å². The van der Waals surface area contributed by atoms with Gasteiger partial charge in [0.25, 0.3) is 0 Å². The molecule has 0 fully saturated rings. The topological polar surface area (TPSA) is 65.2 Å². The maximum absolute atomic E-state index is 12.8. The number of nitrogens with zero attached hydrogens (tertiary/aromatic N) is 5. The van der Waals surface area contributed by atoms with Crippen molar-refractivity contribution in [2.24, 2.45) is 0 Å². The Bertz CT molecular complexity index is 913. The summed E-state index contributed by atoms with van der Waals surface area (Å²) in [5.74, 6) is 1.72. The summed E-state index contributed by atoms with van der Waals surface area (Å²) in [5, 5.41) is 9.58. The summed E-state index contributed by atoms with van der Waals surface area (Å²) in [6.45, 7) is 3.98. The van der Waals surface area contributed by atoms with Crippen LogP contribution in [-0.2, 0) is 29.2 Å². The van der Waals surface area contributed by atoms with Gasteiger partial charge in [0.1, 0.15) is 13.2 Å². The van der Waals surface area contributed by atoms with Gasteiger partial charge in [-0.15, -0.1) is 10.2 Å². The van der Waals surface area contributed by atoms with Gasteiger partial charge in [0.05, 0.1) is 12.6 Å². The van der Waals surface area contributed by atoms with E-state index >= 15 is 0 Å². The van der Waals surface area contributed by atoms with Gasteiger partial charge in [-0.25, -0.2) is 0 Å². The molecule has 0 saturated carbocycles. The number of para-hydroxylation sites is 1. The van der Waals surface area contributed by atoms with Crippen LogP contribution in [0, 0.1) is 0 Å². The second-order valence-corrected chi connectivity index (χ2v) is 6.46. The lowest BCUT2D eigenvalue weighted by Gasteiger charge is -2.32. The molecular formula is C18H21N5O2. The molecule has 1 aliphatic rings. The van der Waals surface area contributed by atoms with E-state index < -0.39 is 0 Å². The highest BCUT2D eigenvalue weighted by atomic mass is 16.5. The Morgan fingerprint density at radius 1 is 1.28 bits per heavy atom. The van der Waals surface area contributed by atoms with Crippen LogP contribution in [0.4, 0.5) is 0 Å².